The summed E-state index contributed by atoms with van der Waals surface area (Å²) in [6.07, 6.45) is 3.96. The third kappa shape index (κ3) is 1.84. The molecule has 0 radical (unpaired) electrons. The zero-order chi connectivity index (χ0) is 12.5. The highest BCUT2D eigenvalue weighted by molar-refractivity contribution is 5.87. The summed E-state index contributed by atoms with van der Waals surface area (Å²) >= 11 is 0. The van der Waals surface area contributed by atoms with Crippen LogP contribution in [0.1, 0.15) is 11.1 Å². The Hall–Kier alpha value is -2.29. The number of halogens is 1. The van der Waals surface area contributed by atoms with Gasteiger partial charge in [0.05, 0.1) is 7.11 Å². The van der Waals surface area contributed by atoms with Crippen LogP contribution in [0.15, 0.2) is 36.4 Å². The molecule has 3 rings (SSSR count). The van der Waals surface area contributed by atoms with E-state index in [9.17, 15) is 4.39 Å². The van der Waals surface area contributed by atoms with E-state index in [0.717, 1.165) is 28.3 Å². The molecule has 1 aliphatic rings. The van der Waals surface area contributed by atoms with Crippen LogP contribution in [-0.2, 0) is 0 Å². The normalized spacial score (nSPS) is 12.1. The Bertz CT molecular complexity index is 634. The van der Waals surface area contributed by atoms with Gasteiger partial charge < -0.3 is 10.1 Å². The van der Waals surface area contributed by atoms with E-state index in [1.807, 2.05) is 30.4 Å². The Morgan fingerprint density at radius 1 is 0.944 bits per heavy atom. The molecular formula is C15H12FNO. The number of fused-ring (bicyclic) bond motifs is 2. The predicted octanol–water partition coefficient (Wildman–Crippen LogP) is 4.06. The number of methoxy groups -OCH3 is 1. The first-order chi connectivity index (χ1) is 8.76. The Kier molecular flexibility index (Phi) is 2.52. The molecule has 2 aromatic carbocycles. The minimum absolute atomic E-state index is 0.244. The van der Waals surface area contributed by atoms with Gasteiger partial charge in [-0.3, -0.25) is 0 Å². The zero-order valence-corrected chi connectivity index (χ0v) is 9.91. The lowest BCUT2D eigenvalue weighted by Crippen LogP contribution is -1.94. The Morgan fingerprint density at radius 2 is 1.78 bits per heavy atom. The van der Waals surface area contributed by atoms with E-state index in [1.54, 1.807) is 13.2 Å². The smallest absolute Gasteiger partial charge is 0.125 e. The summed E-state index contributed by atoms with van der Waals surface area (Å²) in [5.74, 6) is 0.559. The van der Waals surface area contributed by atoms with Gasteiger partial charge in [-0.2, -0.15) is 0 Å². The van der Waals surface area contributed by atoms with Gasteiger partial charge >= 0.3 is 0 Å². The van der Waals surface area contributed by atoms with Crippen LogP contribution in [0, 0.1) is 5.82 Å². The fourth-order valence-electron chi connectivity index (χ4n) is 2.03. The number of hydrogen-bond acceptors (Lipinski definition) is 2. The molecule has 2 nitrogen and oxygen atoms in total. The molecule has 0 amide bonds. The molecule has 1 heterocycles. The molecule has 0 aromatic heterocycles. The van der Waals surface area contributed by atoms with Crippen molar-refractivity contribution in [2.45, 2.75) is 0 Å². The molecule has 3 heteroatoms. The molecule has 0 unspecified atom stereocenters. The lowest BCUT2D eigenvalue weighted by molar-refractivity contribution is 0.415. The maximum Gasteiger partial charge on any atom is 0.125 e. The van der Waals surface area contributed by atoms with Crippen LogP contribution in [0.2, 0.25) is 0 Å². The van der Waals surface area contributed by atoms with Gasteiger partial charge in [0.1, 0.15) is 11.6 Å². The second-order valence-electron chi connectivity index (χ2n) is 4.14. The SMILES string of the molecule is COc1ccc2c(c1)C=Cc1ccc(F)cc1N2. The molecule has 0 bridgehead atoms. The number of hydrogen-bond donors (Lipinski definition) is 1. The van der Waals surface area contributed by atoms with Crippen molar-refractivity contribution in [3.63, 3.8) is 0 Å². The molecule has 0 spiro atoms. The van der Waals surface area contributed by atoms with Crippen molar-refractivity contribution in [1.29, 1.82) is 0 Å². The molecule has 90 valence electrons. The first-order valence-corrected chi connectivity index (χ1v) is 5.69. The molecule has 0 saturated carbocycles. The second-order valence-corrected chi connectivity index (χ2v) is 4.14. The van der Waals surface area contributed by atoms with Crippen LogP contribution in [0.4, 0.5) is 15.8 Å². The summed E-state index contributed by atoms with van der Waals surface area (Å²) in [6.45, 7) is 0. The van der Waals surface area contributed by atoms with Crippen molar-refractivity contribution in [2.75, 3.05) is 12.4 Å². The van der Waals surface area contributed by atoms with Crippen LogP contribution < -0.4 is 10.1 Å². The summed E-state index contributed by atoms with van der Waals surface area (Å²) in [5, 5.41) is 3.24. The van der Waals surface area contributed by atoms with E-state index in [4.69, 9.17) is 4.74 Å². The molecule has 0 fully saturated rings. The summed E-state index contributed by atoms with van der Waals surface area (Å²) in [7, 11) is 1.64. The fraction of sp³-hybridized carbons (Fsp3) is 0.0667. The average molecular weight is 241 g/mol. The maximum atomic E-state index is 13.2. The standard InChI is InChI=1S/C15H12FNO/c1-18-13-6-7-14-11(8-13)3-2-10-4-5-12(16)9-15(10)17-14/h2-9,17H,1H3. The highest BCUT2D eigenvalue weighted by atomic mass is 19.1. The van der Waals surface area contributed by atoms with Crippen LogP contribution >= 0.6 is 0 Å². The van der Waals surface area contributed by atoms with E-state index in [0.29, 0.717) is 0 Å². The molecule has 0 aliphatic carbocycles. The Balaban J connectivity index is 2.11. The average Bonchev–Trinajstić information content (AvgIpc) is 2.56. The van der Waals surface area contributed by atoms with Crippen LogP contribution in [0.5, 0.6) is 5.75 Å². The van der Waals surface area contributed by atoms with E-state index < -0.39 is 0 Å². The number of benzene rings is 2. The van der Waals surface area contributed by atoms with Gasteiger partial charge in [-0.1, -0.05) is 12.2 Å². The monoisotopic (exact) mass is 241 g/mol. The third-order valence-electron chi connectivity index (χ3n) is 2.99. The van der Waals surface area contributed by atoms with Gasteiger partial charge in [-0.05, 0) is 42.0 Å². The topological polar surface area (TPSA) is 21.3 Å². The molecule has 2 aromatic rings. The molecule has 1 aliphatic heterocycles. The molecule has 18 heavy (non-hydrogen) atoms. The van der Waals surface area contributed by atoms with Crippen molar-refractivity contribution in [2.24, 2.45) is 0 Å². The van der Waals surface area contributed by atoms with E-state index in [-0.39, 0.29) is 5.82 Å². The number of anilines is 2. The molecule has 1 N–H and O–H groups in total. The van der Waals surface area contributed by atoms with Gasteiger partial charge in [0.25, 0.3) is 0 Å². The summed E-state index contributed by atoms with van der Waals surface area (Å²) in [6, 6.07) is 10.5. The van der Waals surface area contributed by atoms with Crippen molar-refractivity contribution in [1.82, 2.24) is 0 Å². The predicted molar refractivity (Wildman–Crippen MR) is 71.6 cm³/mol. The van der Waals surface area contributed by atoms with Crippen molar-refractivity contribution in [3.05, 3.63) is 53.3 Å². The van der Waals surface area contributed by atoms with E-state index >= 15 is 0 Å². The molecular weight excluding hydrogens is 229 g/mol. The summed E-state index contributed by atoms with van der Waals surface area (Å²) < 4.78 is 18.4. The number of rotatable bonds is 1. The van der Waals surface area contributed by atoms with Gasteiger partial charge in [-0.15, -0.1) is 0 Å². The van der Waals surface area contributed by atoms with E-state index in [2.05, 4.69) is 5.32 Å². The zero-order valence-electron chi connectivity index (χ0n) is 9.91. The molecule has 0 atom stereocenters. The van der Waals surface area contributed by atoms with Crippen molar-refractivity contribution in [3.8, 4) is 5.75 Å². The minimum Gasteiger partial charge on any atom is -0.497 e. The largest absolute Gasteiger partial charge is 0.497 e. The summed E-state index contributed by atoms with van der Waals surface area (Å²) in [5.41, 5.74) is 3.70. The lowest BCUT2D eigenvalue weighted by atomic mass is 10.1. The van der Waals surface area contributed by atoms with Crippen LogP contribution in [0.3, 0.4) is 0 Å². The highest BCUT2D eigenvalue weighted by Gasteiger charge is 2.09. The Morgan fingerprint density at radius 3 is 2.61 bits per heavy atom. The third-order valence-corrected chi connectivity index (χ3v) is 2.99. The van der Waals surface area contributed by atoms with Crippen LogP contribution in [-0.4, -0.2) is 7.11 Å². The number of nitrogens with one attached hydrogen (secondary N) is 1. The first-order valence-electron chi connectivity index (χ1n) is 5.69. The second kappa shape index (κ2) is 4.18. The van der Waals surface area contributed by atoms with E-state index in [1.165, 1.54) is 12.1 Å². The Labute approximate surface area is 105 Å². The highest BCUT2D eigenvalue weighted by Crippen LogP contribution is 2.32. The van der Waals surface area contributed by atoms with Crippen molar-refractivity contribution >= 4 is 23.5 Å². The van der Waals surface area contributed by atoms with Crippen molar-refractivity contribution < 1.29 is 9.13 Å². The fourth-order valence-corrected chi connectivity index (χ4v) is 2.03. The van der Waals surface area contributed by atoms with Crippen LogP contribution in [0.25, 0.3) is 12.2 Å². The molecule has 0 saturated heterocycles. The van der Waals surface area contributed by atoms with Gasteiger partial charge in [0.15, 0.2) is 0 Å². The summed E-state index contributed by atoms with van der Waals surface area (Å²) in [4.78, 5) is 0. The number of ether oxygens (including phenoxy) is 1. The minimum atomic E-state index is -0.244. The van der Waals surface area contributed by atoms with Gasteiger partial charge in [0.2, 0.25) is 0 Å². The maximum absolute atomic E-state index is 13.2. The van der Waals surface area contributed by atoms with Gasteiger partial charge in [0, 0.05) is 16.9 Å². The first kappa shape index (κ1) is 10.8. The van der Waals surface area contributed by atoms with Gasteiger partial charge in [-0.25, -0.2) is 4.39 Å². The quantitative estimate of drug-likeness (QED) is 0.693. The lowest BCUT2D eigenvalue weighted by Gasteiger charge is -2.10.